The van der Waals surface area contributed by atoms with Crippen LogP contribution in [0.3, 0.4) is 0 Å². The molecule has 1 aliphatic carbocycles. The molecule has 1 heterocycles. The van der Waals surface area contributed by atoms with Crippen LogP contribution in [0.1, 0.15) is 46.3 Å². The summed E-state index contributed by atoms with van der Waals surface area (Å²) in [4.78, 5) is 41.0. The SMILES string of the molecule is Cc1nc(NC(=O)OCC2c3ccccc3-c3ccccc32)sc1C(=O)NCC(C(=O)O)C(C)C. The van der Waals surface area contributed by atoms with Gasteiger partial charge >= 0.3 is 12.1 Å². The maximum atomic E-state index is 12.6. The van der Waals surface area contributed by atoms with Gasteiger partial charge in [-0.2, -0.15) is 0 Å². The highest BCUT2D eigenvalue weighted by molar-refractivity contribution is 7.17. The van der Waals surface area contributed by atoms with Crippen LogP contribution in [-0.4, -0.2) is 41.2 Å². The van der Waals surface area contributed by atoms with Gasteiger partial charge < -0.3 is 15.2 Å². The number of nitrogens with zero attached hydrogens (tertiary/aromatic N) is 1. The molecule has 35 heavy (non-hydrogen) atoms. The molecule has 0 aliphatic heterocycles. The first-order valence-electron chi connectivity index (χ1n) is 11.4. The van der Waals surface area contributed by atoms with Gasteiger partial charge in [0.2, 0.25) is 0 Å². The van der Waals surface area contributed by atoms with E-state index in [1.165, 1.54) is 0 Å². The summed E-state index contributed by atoms with van der Waals surface area (Å²) in [7, 11) is 0. The van der Waals surface area contributed by atoms with Crippen LogP contribution in [0.5, 0.6) is 0 Å². The maximum Gasteiger partial charge on any atom is 0.413 e. The van der Waals surface area contributed by atoms with Crippen LogP contribution in [0, 0.1) is 18.8 Å². The Balaban J connectivity index is 1.37. The molecule has 1 atom stereocenters. The molecule has 9 heteroatoms. The van der Waals surface area contributed by atoms with Crippen LogP contribution < -0.4 is 10.6 Å². The average Bonchev–Trinajstić information content (AvgIpc) is 3.34. The third-order valence-corrected chi connectivity index (χ3v) is 7.23. The number of fused-ring (bicyclic) bond motifs is 3. The predicted octanol–water partition coefficient (Wildman–Crippen LogP) is 4.90. The van der Waals surface area contributed by atoms with E-state index in [0.717, 1.165) is 33.6 Å². The fourth-order valence-electron chi connectivity index (χ4n) is 4.27. The molecule has 0 radical (unpaired) electrons. The van der Waals surface area contributed by atoms with E-state index in [4.69, 9.17) is 4.74 Å². The molecular weight excluding hydrogens is 466 g/mol. The summed E-state index contributed by atoms with van der Waals surface area (Å²) >= 11 is 1.02. The lowest BCUT2D eigenvalue weighted by molar-refractivity contribution is -0.142. The van der Waals surface area contributed by atoms with Gasteiger partial charge in [-0.3, -0.25) is 14.9 Å². The molecule has 1 aliphatic rings. The number of benzene rings is 2. The molecule has 182 valence electrons. The van der Waals surface area contributed by atoms with Crippen LogP contribution in [0.15, 0.2) is 48.5 Å². The zero-order chi connectivity index (χ0) is 25.1. The van der Waals surface area contributed by atoms with Gasteiger partial charge in [-0.05, 0) is 35.1 Å². The zero-order valence-corrected chi connectivity index (χ0v) is 20.5. The number of aliphatic carboxylic acids is 1. The number of aryl methyl sites for hydroxylation is 1. The molecule has 3 aromatic rings. The number of anilines is 1. The van der Waals surface area contributed by atoms with Crippen molar-refractivity contribution >= 4 is 34.4 Å². The Labute approximate surface area is 207 Å². The van der Waals surface area contributed by atoms with Crippen molar-refractivity contribution in [2.24, 2.45) is 11.8 Å². The molecule has 0 fully saturated rings. The molecule has 2 amide bonds. The van der Waals surface area contributed by atoms with Crippen molar-refractivity contribution in [2.75, 3.05) is 18.5 Å². The Bertz CT molecular complexity index is 1220. The van der Waals surface area contributed by atoms with Gasteiger partial charge in [0.1, 0.15) is 11.5 Å². The quantitative estimate of drug-likeness (QED) is 0.411. The molecule has 1 unspecified atom stereocenters. The highest BCUT2D eigenvalue weighted by Crippen LogP contribution is 2.44. The standard InChI is InChI=1S/C26H27N3O5S/c1-14(2)20(24(31)32)12-27-23(30)22-15(3)28-25(35-22)29-26(33)34-13-21-18-10-6-4-8-16(18)17-9-5-7-11-19(17)21/h4-11,14,20-21H,12-13H2,1-3H3,(H,27,30)(H,31,32)(H,28,29,33). The van der Waals surface area contributed by atoms with Crippen LogP contribution >= 0.6 is 11.3 Å². The number of ether oxygens (including phenoxy) is 1. The van der Waals surface area contributed by atoms with Crippen molar-refractivity contribution in [3.63, 3.8) is 0 Å². The highest BCUT2D eigenvalue weighted by Gasteiger charge is 2.29. The third kappa shape index (κ3) is 5.19. The van der Waals surface area contributed by atoms with Crippen LogP contribution in [0.2, 0.25) is 0 Å². The summed E-state index contributed by atoms with van der Waals surface area (Å²) in [6, 6.07) is 16.2. The second-order valence-electron chi connectivity index (χ2n) is 8.78. The van der Waals surface area contributed by atoms with E-state index in [-0.39, 0.29) is 30.1 Å². The van der Waals surface area contributed by atoms with E-state index < -0.39 is 23.9 Å². The predicted molar refractivity (Wildman–Crippen MR) is 134 cm³/mol. The smallest absolute Gasteiger partial charge is 0.413 e. The minimum absolute atomic E-state index is 0.0122. The van der Waals surface area contributed by atoms with Crippen molar-refractivity contribution in [1.29, 1.82) is 0 Å². The van der Waals surface area contributed by atoms with E-state index in [2.05, 4.69) is 27.8 Å². The van der Waals surface area contributed by atoms with Gasteiger partial charge in [-0.25, -0.2) is 9.78 Å². The third-order valence-electron chi connectivity index (χ3n) is 6.16. The van der Waals surface area contributed by atoms with Crippen molar-refractivity contribution < 1.29 is 24.2 Å². The molecule has 8 nitrogen and oxygen atoms in total. The average molecular weight is 494 g/mol. The Morgan fingerprint density at radius 3 is 2.23 bits per heavy atom. The van der Waals surface area contributed by atoms with E-state index in [1.807, 2.05) is 36.4 Å². The minimum atomic E-state index is -0.959. The van der Waals surface area contributed by atoms with Gasteiger partial charge in [-0.1, -0.05) is 73.7 Å². The fourth-order valence-corrected chi connectivity index (χ4v) is 5.14. The number of carboxylic acids is 1. The molecule has 0 spiro atoms. The van der Waals surface area contributed by atoms with E-state index in [0.29, 0.717) is 10.6 Å². The van der Waals surface area contributed by atoms with Crippen LogP contribution in [-0.2, 0) is 9.53 Å². The molecule has 3 N–H and O–H groups in total. The first-order chi connectivity index (χ1) is 16.8. The molecular formula is C26H27N3O5S. The highest BCUT2D eigenvalue weighted by atomic mass is 32.1. The summed E-state index contributed by atoms with van der Waals surface area (Å²) in [5.41, 5.74) is 4.97. The fraction of sp³-hybridized carbons (Fsp3) is 0.308. The lowest BCUT2D eigenvalue weighted by atomic mass is 9.96. The summed E-state index contributed by atoms with van der Waals surface area (Å²) in [5.74, 6) is -2.26. The summed E-state index contributed by atoms with van der Waals surface area (Å²) < 4.78 is 5.54. The summed E-state index contributed by atoms with van der Waals surface area (Å²) in [6.45, 7) is 5.42. The Hall–Kier alpha value is -3.72. The number of hydrogen-bond donors (Lipinski definition) is 3. The topological polar surface area (TPSA) is 118 Å². The molecule has 0 saturated carbocycles. The number of carbonyl (C=O) groups excluding carboxylic acids is 2. The van der Waals surface area contributed by atoms with Crippen molar-refractivity contribution in [1.82, 2.24) is 10.3 Å². The summed E-state index contributed by atoms with van der Waals surface area (Å²) in [6.07, 6.45) is -0.654. The lowest BCUT2D eigenvalue weighted by Crippen LogP contribution is -2.35. The van der Waals surface area contributed by atoms with Gasteiger partial charge in [0.25, 0.3) is 5.91 Å². The molecule has 4 rings (SSSR count). The Morgan fingerprint density at radius 2 is 1.66 bits per heavy atom. The summed E-state index contributed by atoms with van der Waals surface area (Å²) in [5, 5.41) is 14.8. The van der Waals surface area contributed by atoms with E-state index >= 15 is 0 Å². The largest absolute Gasteiger partial charge is 0.481 e. The minimum Gasteiger partial charge on any atom is -0.481 e. The Kier molecular flexibility index (Phi) is 7.16. The van der Waals surface area contributed by atoms with Crippen molar-refractivity contribution in [3.8, 4) is 11.1 Å². The number of aromatic nitrogens is 1. The number of nitrogens with one attached hydrogen (secondary N) is 2. The number of thiazole rings is 1. The lowest BCUT2D eigenvalue weighted by Gasteiger charge is -2.16. The maximum absolute atomic E-state index is 12.6. The second kappa shape index (κ2) is 10.3. The van der Waals surface area contributed by atoms with Crippen LogP contribution in [0.25, 0.3) is 11.1 Å². The van der Waals surface area contributed by atoms with E-state index in [9.17, 15) is 19.5 Å². The zero-order valence-electron chi connectivity index (χ0n) is 19.7. The molecule has 0 bridgehead atoms. The molecule has 1 aromatic heterocycles. The monoisotopic (exact) mass is 493 g/mol. The van der Waals surface area contributed by atoms with Gasteiger partial charge in [-0.15, -0.1) is 0 Å². The second-order valence-corrected chi connectivity index (χ2v) is 9.78. The number of amides is 2. The normalized spacial score (nSPS) is 13.1. The first-order valence-corrected chi connectivity index (χ1v) is 12.2. The number of carboxylic acid groups (broad SMARTS) is 1. The number of carbonyl (C=O) groups is 3. The Morgan fingerprint density at radius 1 is 1.06 bits per heavy atom. The number of rotatable bonds is 8. The molecule has 0 saturated heterocycles. The molecule has 2 aromatic carbocycles. The van der Waals surface area contributed by atoms with Crippen molar-refractivity contribution in [3.05, 3.63) is 70.2 Å². The van der Waals surface area contributed by atoms with Gasteiger partial charge in [0.15, 0.2) is 5.13 Å². The van der Waals surface area contributed by atoms with Gasteiger partial charge in [0, 0.05) is 12.5 Å². The first kappa shape index (κ1) is 24.4. The van der Waals surface area contributed by atoms with E-state index in [1.54, 1.807) is 20.8 Å². The van der Waals surface area contributed by atoms with Crippen LogP contribution in [0.4, 0.5) is 9.93 Å². The van der Waals surface area contributed by atoms with Crippen molar-refractivity contribution in [2.45, 2.75) is 26.7 Å². The number of hydrogen-bond acceptors (Lipinski definition) is 6. The van der Waals surface area contributed by atoms with Gasteiger partial charge in [0.05, 0.1) is 11.6 Å².